The number of imide groups is 2. The highest BCUT2D eigenvalue weighted by atomic mass is 35.5. The van der Waals surface area contributed by atoms with Gasteiger partial charge in [0.05, 0.1) is 10.7 Å². The maximum atomic E-state index is 12.4. The zero-order valence-electron chi connectivity index (χ0n) is 13.6. The Morgan fingerprint density at radius 2 is 1.68 bits per heavy atom. The minimum atomic E-state index is -0.962. The molecule has 2 fully saturated rings. The van der Waals surface area contributed by atoms with E-state index in [2.05, 4.69) is 4.90 Å². The molecule has 0 radical (unpaired) electrons. The lowest BCUT2D eigenvalue weighted by atomic mass is 10.2. The number of piperazine rings is 1. The Hall–Kier alpha value is -2.61. The molecule has 0 aromatic heterocycles. The Bertz CT molecular complexity index is 745. The van der Waals surface area contributed by atoms with Crippen LogP contribution in [-0.4, -0.2) is 78.2 Å². The number of likely N-dealkylation sites (N-methyl/N-ethyl adjacent to an activating group) is 1. The molecule has 0 spiro atoms. The molecule has 0 aliphatic carbocycles. The Morgan fingerprint density at radius 1 is 1.04 bits per heavy atom. The smallest absolute Gasteiger partial charge is 0.334 e. The van der Waals surface area contributed by atoms with Gasteiger partial charge in [0.2, 0.25) is 5.91 Å². The molecule has 2 heterocycles. The van der Waals surface area contributed by atoms with Crippen LogP contribution in [0.2, 0.25) is 5.02 Å². The van der Waals surface area contributed by atoms with Gasteiger partial charge in [-0.3, -0.25) is 19.3 Å². The van der Waals surface area contributed by atoms with Crippen LogP contribution in [0.25, 0.3) is 0 Å². The zero-order chi connectivity index (χ0) is 18.1. The number of hydrogen-bond acceptors (Lipinski definition) is 5. The first-order chi connectivity index (χ1) is 11.9. The lowest BCUT2D eigenvalue weighted by Crippen LogP contribution is -2.52. The van der Waals surface area contributed by atoms with Crippen LogP contribution in [0.4, 0.5) is 10.5 Å². The Morgan fingerprint density at radius 3 is 2.24 bits per heavy atom. The first-order valence-electron chi connectivity index (χ1n) is 7.81. The van der Waals surface area contributed by atoms with E-state index < -0.39 is 24.4 Å². The normalized spacial score (nSPS) is 18.4. The third-order valence-corrected chi connectivity index (χ3v) is 4.69. The third kappa shape index (κ3) is 3.17. The third-order valence-electron chi connectivity index (χ3n) is 4.37. The molecular formula is C16H17ClN4O4. The summed E-state index contributed by atoms with van der Waals surface area (Å²) in [6, 6.07) is 6.72. The Balaban J connectivity index is 1.59. The Labute approximate surface area is 149 Å². The van der Waals surface area contributed by atoms with E-state index in [0.717, 1.165) is 5.69 Å². The van der Waals surface area contributed by atoms with Crippen molar-refractivity contribution < 1.29 is 19.2 Å². The van der Waals surface area contributed by atoms with Gasteiger partial charge in [0, 0.05) is 33.2 Å². The van der Waals surface area contributed by atoms with E-state index >= 15 is 0 Å². The van der Waals surface area contributed by atoms with Gasteiger partial charge in [0.15, 0.2) is 0 Å². The van der Waals surface area contributed by atoms with E-state index in [1.807, 2.05) is 24.3 Å². The molecule has 5 amide bonds. The first-order valence-corrected chi connectivity index (χ1v) is 8.18. The van der Waals surface area contributed by atoms with Crippen molar-refractivity contribution in [2.75, 3.05) is 44.7 Å². The summed E-state index contributed by atoms with van der Waals surface area (Å²) in [5, 5.41) is 0.650. The number of benzene rings is 1. The Kier molecular flexibility index (Phi) is 4.63. The van der Waals surface area contributed by atoms with Gasteiger partial charge in [0.1, 0.15) is 6.54 Å². The summed E-state index contributed by atoms with van der Waals surface area (Å²) in [6.45, 7) is 1.67. The quantitative estimate of drug-likeness (QED) is 0.573. The number of hydrogen-bond donors (Lipinski definition) is 0. The molecule has 0 saturated carbocycles. The number of carbonyl (C=O) groups excluding carboxylic acids is 4. The fraction of sp³-hybridized carbons (Fsp3) is 0.375. The summed E-state index contributed by atoms with van der Waals surface area (Å²) in [7, 11) is 1.22. The molecule has 9 heteroatoms. The van der Waals surface area contributed by atoms with Crippen molar-refractivity contribution in [1.82, 2.24) is 14.7 Å². The summed E-state index contributed by atoms with van der Waals surface area (Å²) in [5.74, 6) is -2.24. The van der Waals surface area contributed by atoms with Crippen LogP contribution in [0.1, 0.15) is 0 Å². The van der Waals surface area contributed by atoms with Crippen molar-refractivity contribution in [3.8, 4) is 0 Å². The molecule has 25 heavy (non-hydrogen) atoms. The molecule has 132 valence electrons. The average Bonchev–Trinajstić information content (AvgIpc) is 2.80. The van der Waals surface area contributed by atoms with Gasteiger partial charge >= 0.3 is 17.8 Å². The molecule has 0 atom stereocenters. The van der Waals surface area contributed by atoms with Gasteiger partial charge in [-0.1, -0.05) is 23.7 Å². The highest BCUT2D eigenvalue weighted by Gasteiger charge is 2.43. The molecule has 0 bridgehead atoms. The SMILES string of the molecule is CN1C(=O)C(=O)N(CC(=O)N2CCN(c3ccccc3Cl)CC2)C1=O. The van der Waals surface area contributed by atoms with E-state index in [4.69, 9.17) is 11.6 Å². The summed E-state index contributed by atoms with van der Waals surface area (Å²) in [5.41, 5.74) is 0.911. The van der Waals surface area contributed by atoms with Gasteiger partial charge in [-0.2, -0.15) is 0 Å². The minimum Gasteiger partial charge on any atom is -0.367 e. The fourth-order valence-corrected chi connectivity index (χ4v) is 3.15. The van der Waals surface area contributed by atoms with Gasteiger partial charge in [-0.25, -0.2) is 9.69 Å². The maximum absolute atomic E-state index is 12.4. The number of nitrogens with zero attached hydrogens (tertiary/aromatic N) is 4. The van der Waals surface area contributed by atoms with E-state index in [-0.39, 0.29) is 5.91 Å². The van der Waals surface area contributed by atoms with Crippen LogP contribution in [0, 0.1) is 0 Å². The largest absolute Gasteiger partial charge is 0.367 e. The van der Waals surface area contributed by atoms with Crippen molar-refractivity contribution in [3.05, 3.63) is 29.3 Å². The summed E-state index contributed by atoms with van der Waals surface area (Å²) >= 11 is 6.19. The molecule has 3 rings (SSSR count). The standard InChI is InChI=1S/C16H17ClN4O4/c1-18-14(23)15(24)21(16(18)25)10-13(22)20-8-6-19(7-9-20)12-5-3-2-4-11(12)17/h2-5H,6-10H2,1H3. The van der Waals surface area contributed by atoms with E-state index in [1.165, 1.54) is 7.05 Å². The lowest BCUT2D eigenvalue weighted by Gasteiger charge is -2.36. The number of para-hydroxylation sites is 1. The number of amides is 5. The van der Waals surface area contributed by atoms with Crippen LogP contribution < -0.4 is 4.90 Å². The van der Waals surface area contributed by atoms with Crippen LogP contribution in [0.15, 0.2) is 24.3 Å². The van der Waals surface area contributed by atoms with E-state index in [1.54, 1.807) is 4.90 Å². The van der Waals surface area contributed by atoms with Crippen molar-refractivity contribution >= 4 is 41.0 Å². The van der Waals surface area contributed by atoms with Gasteiger partial charge in [0.25, 0.3) is 0 Å². The topological polar surface area (TPSA) is 81.2 Å². The van der Waals surface area contributed by atoms with E-state index in [9.17, 15) is 19.2 Å². The van der Waals surface area contributed by atoms with Crippen LogP contribution in [-0.2, 0) is 14.4 Å². The molecule has 2 aliphatic heterocycles. The molecule has 0 unspecified atom stereocenters. The lowest BCUT2D eigenvalue weighted by molar-refractivity contribution is -0.144. The molecular weight excluding hydrogens is 348 g/mol. The predicted molar refractivity (Wildman–Crippen MR) is 90.1 cm³/mol. The van der Waals surface area contributed by atoms with Gasteiger partial charge < -0.3 is 9.80 Å². The highest BCUT2D eigenvalue weighted by Crippen LogP contribution is 2.26. The molecule has 2 saturated heterocycles. The van der Waals surface area contributed by atoms with Crippen molar-refractivity contribution in [1.29, 1.82) is 0 Å². The second kappa shape index (κ2) is 6.72. The number of anilines is 1. The molecule has 8 nitrogen and oxygen atoms in total. The molecule has 1 aromatic rings. The molecule has 2 aliphatic rings. The number of urea groups is 1. The van der Waals surface area contributed by atoms with Crippen LogP contribution in [0.5, 0.6) is 0 Å². The minimum absolute atomic E-state index is 0.358. The molecule has 1 aromatic carbocycles. The number of halogens is 1. The van der Waals surface area contributed by atoms with Crippen molar-refractivity contribution in [3.63, 3.8) is 0 Å². The van der Waals surface area contributed by atoms with E-state index in [0.29, 0.717) is 41.0 Å². The van der Waals surface area contributed by atoms with Crippen molar-refractivity contribution in [2.24, 2.45) is 0 Å². The number of carbonyl (C=O) groups is 4. The number of rotatable bonds is 3. The monoisotopic (exact) mass is 364 g/mol. The fourth-order valence-electron chi connectivity index (χ4n) is 2.89. The van der Waals surface area contributed by atoms with Crippen LogP contribution >= 0.6 is 11.6 Å². The molecule has 0 N–H and O–H groups in total. The summed E-state index contributed by atoms with van der Waals surface area (Å²) in [6.07, 6.45) is 0. The summed E-state index contributed by atoms with van der Waals surface area (Å²) in [4.78, 5) is 52.5. The zero-order valence-corrected chi connectivity index (χ0v) is 14.4. The van der Waals surface area contributed by atoms with Crippen LogP contribution in [0.3, 0.4) is 0 Å². The maximum Gasteiger partial charge on any atom is 0.334 e. The predicted octanol–water partition coefficient (Wildman–Crippen LogP) is 0.409. The van der Waals surface area contributed by atoms with Crippen molar-refractivity contribution in [2.45, 2.75) is 0 Å². The second-order valence-corrected chi connectivity index (χ2v) is 6.26. The average molecular weight is 365 g/mol. The summed E-state index contributed by atoms with van der Waals surface area (Å²) < 4.78 is 0. The first kappa shape index (κ1) is 17.2. The van der Waals surface area contributed by atoms with Gasteiger partial charge in [-0.15, -0.1) is 0 Å². The highest BCUT2D eigenvalue weighted by molar-refractivity contribution is 6.44. The van der Waals surface area contributed by atoms with Gasteiger partial charge in [-0.05, 0) is 12.1 Å². The second-order valence-electron chi connectivity index (χ2n) is 5.86.